The fourth-order valence-electron chi connectivity index (χ4n) is 2.53. The van der Waals surface area contributed by atoms with Crippen LogP contribution in [0.1, 0.15) is 37.8 Å². The topological polar surface area (TPSA) is 54.1 Å². The minimum Gasteiger partial charge on any atom is -0.466 e. The van der Waals surface area contributed by atoms with Gasteiger partial charge < -0.3 is 15.0 Å². The average Bonchev–Trinajstić information content (AvgIpc) is 2.90. The van der Waals surface area contributed by atoms with Crippen molar-refractivity contribution in [2.75, 3.05) is 13.2 Å². The Hall–Kier alpha value is -1.81. The van der Waals surface area contributed by atoms with Crippen LogP contribution in [0.4, 0.5) is 0 Å². The van der Waals surface area contributed by atoms with Gasteiger partial charge in [0, 0.05) is 30.1 Å². The van der Waals surface area contributed by atoms with E-state index in [9.17, 15) is 4.79 Å². The third-order valence-corrected chi connectivity index (χ3v) is 3.62. The number of hydrogen-bond acceptors (Lipinski definition) is 3. The van der Waals surface area contributed by atoms with E-state index in [0.29, 0.717) is 13.0 Å². The first-order chi connectivity index (χ1) is 10.3. The van der Waals surface area contributed by atoms with E-state index < -0.39 is 0 Å². The van der Waals surface area contributed by atoms with Gasteiger partial charge in [-0.2, -0.15) is 0 Å². The molecule has 0 aliphatic heterocycles. The highest BCUT2D eigenvalue weighted by atomic mass is 16.5. The van der Waals surface area contributed by atoms with E-state index >= 15 is 0 Å². The molecule has 0 radical (unpaired) electrons. The Morgan fingerprint density at radius 1 is 1.29 bits per heavy atom. The number of nitrogens with one attached hydrogen (secondary N) is 2. The molecule has 0 fully saturated rings. The van der Waals surface area contributed by atoms with Crippen LogP contribution in [-0.2, 0) is 22.5 Å². The Morgan fingerprint density at radius 3 is 2.90 bits per heavy atom. The number of hydrogen-bond donors (Lipinski definition) is 2. The predicted octanol–water partition coefficient (Wildman–Crippen LogP) is 3.16. The van der Waals surface area contributed by atoms with Crippen LogP contribution in [-0.4, -0.2) is 24.1 Å². The number of carbonyl (C=O) groups is 1. The van der Waals surface area contributed by atoms with Crippen LogP contribution < -0.4 is 5.32 Å². The number of carbonyl (C=O) groups excluding carboxylic acids is 1. The number of H-pyrrole nitrogens is 1. The lowest BCUT2D eigenvalue weighted by Gasteiger charge is -2.05. The molecule has 4 nitrogen and oxygen atoms in total. The zero-order valence-electron chi connectivity index (χ0n) is 12.9. The van der Waals surface area contributed by atoms with Crippen molar-refractivity contribution in [3.63, 3.8) is 0 Å². The zero-order valence-corrected chi connectivity index (χ0v) is 12.9. The van der Waals surface area contributed by atoms with Crippen molar-refractivity contribution in [3.05, 3.63) is 35.5 Å². The van der Waals surface area contributed by atoms with Crippen LogP contribution in [0.25, 0.3) is 10.9 Å². The van der Waals surface area contributed by atoms with E-state index in [1.54, 1.807) is 0 Å². The van der Waals surface area contributed by atoms with E-state index in [2.05, 4.69) is 41.6 Å². The quantitative estimate of drug-likeness (QED) is 0.579. The fourth-order valence-corrected chi connectivity index (χ4v) is 2.53. The van der Waals surface area contributed by atoms with Crippen molar-refractivity contribution in [2.45, 2.75) is 39.7 Å². The van der Waals surface area contributed by atoms with E-state index in [4.69, 9.17) is 4.74 Å². The third-order valence-electron chi connectivity index (χ3n) is 3.62. The summed E-state index contributed by atoms with van der Waals surface area (Å²) in [5.74, 6) is -0.112. The van der Waals surface area contributed by atoms with Gasteiger partial charge in [0.05, 0.1) is 6.61 Å². The molecule has 0 saturated heterocycles. The summed E-state index contributed by atoms with van der Waals surface area (Å²) >= 11 is 0. The molecule has 0 aliphatic carbocycles. The summed E-state index contributed by atoms with van der Waals surface area (Å²) in [5.41, 5.74) is 3.86. The molecule has 0 atom stereocenters. The standard InChI is InChI=1S/C17H24N2O2/c1-3-13-7-5-8-15-14(12-19-17(13)15)11-18-10-6-9-16(20)21-4-2/h5,7-8,12,18-19H,3-4,6,9-11H2,1-2H3. The summed E-state index contributed by atoms with van der Waals surface area (Å²) < 4.78 is 4.91. The molecule has 21 heavy (non-hydrogen) atoms. The SMILES string of the molecule is CCOC(=O)CCCNCc1c[nH]c2c(CC)cccc12. The number of rotatable bonds is 8. The molecule has 0 spiro atoms. The number of aromatic amines is 1. The molecule has 114 valence electrons. The fraction of sp³-hybridized carbons (Fsp3) is 0.471. The number of aryl methyl sites for hydroxylation is 1. The summed E-state index contributed by atoms with van der Waals surface area (Å²) in [5, 5.41) is 4.67. The van der Waals surface area contributed by atoms with Crippen molar-refractivity contribution in [2.24, 2.45) is 0 Å². The molecule has 2 aromatic rings. The van der Waals surface area contributed by atoms with Crippen LogP contribution in [0.2, 0.25) is 0 Å². The molecule has 4 heteroatoms. The molecular formula is C17H24N2O2. The second kappa shape index (κ2) is 7.84. The van der Waals surface area contributed by atoms with Gasteiger partial charge in [0.2, 0.25) is 0 Å². The van der Waals surface area contributed by atoms with Crippen molar-refractivity contribution in [1.82, 2.24) is 10.3 Å². The highest BCUT2D eigenvalue weighted by molar-refractivity contribution is 5.86. The van der Waals surface area contributed by atoms with Crippen molar-refractivity contribution < 1.29 is 9.53 Å². The van der Waals surface area contributed by atoms with Crippen LogP contribution in [0, 0.1) is 0 Å². The summed E-state index contributed by atoms with van der Waals surface area (Å²) in [6.45, 7) is 6.09. The lowest BCUT2D eigenvalue weighted by molar-refractivity contribution is -0.143. The van der Waals surface area contributed by atoms with Gasteiger partial charge in [0.15, 0.2) is 0 Å². The minimum absolute atomic E-state index is 0.112. The maximum atomic E-state index is 11.2. The van der Waals surface area contributed by atoms with E-state index in [1.165, 1.54) is 22.0 Å². The number of esters is 1. The number of ether oxygens (including phenoxy) is 1. The highest BCUT2D eigenvalue weighted by Gasteiger charge is 2.06. The summed E-state index contributed by atoms with van der Waals surface area (Å²) in [4.78, 5) is 14.6. The van der Waals surface area contributed by atoms with Crippen LogP contribution in [0.3, 0.4) is 0 Å². The van der Waals surface area contributed by atoms with Gasteiger partial charge in [-0.15, -0.1) is 0 Å². The summed E-state index contributed by atoms with van der Waals surface area (Å²) in [6, 6.07) is 6.43. The molecule has 0 unspecified atom stereocenters. The van der Waals surface area contributed by atoms with E-state index in [-0.39, 0.29) is 5.97 Å². The minimum atomic E-state index is -0.112. The molecule has 2 N–H and O–H groups in total. The summed E-state index contributed by atoms with van der Waals surface area (Å²) in [6.07, 6.45) is 4.39. The Labute approximate surface area is 125 Å². The third kappa shape index (κ3) is 4.08. The molecule has 1 aromatic heterocycles. The highest BCUT2D eigenvalue weighted by Crippen LogP contribution is 2.22. The van der Waals surface area contributed by atoms with Gasteiger partial charge >= 0.3 is 5.97 Å². The van der Waals surface area contributed by atoms with Gasteiger partial charge in [-0.1, -0.05) is 25.1 Å². The Bertz CT molecular complexity index is 589. The first-order valence-electron chi connectivity index (χ1n) is 7.70. The molecule has 0 bridgehead atoms. The predicted molar refractivity (Wildman–Crippen MR) is 85.3 cm³/mol. The number of para-hydroxylation sites is 1. The second-order valence-corrected chi connectivity index (χ2v) is 5.09. The Balaban J connectivity index is 1.83. The van der Waals surface area contributed by atoms with Gasteiger partial charge in [0.25, 0.3) is 0 Å². The maximum Gasteiger partial charge on any atom is 0.305 e. The Kier molecular flexibility index (Phi) is 5.81. The molecule has 2 rings (SSSR count). The Morgan fingerprint density at radius 2 is 2.14 bits per heavy atom. The number of aromatic nitrogens is 1. The average molecular weight is 288 g/mol. The first-order valence-corrected chi connectivity index (χ1v) is 7.70. The lowest BCUT2D eigenvalue weighted by atomic mass is 10.1. The van der Waals surface area contributed by atoms with Crippen molar-refractivity contribution in [3.8, 4) is 0 Å². The van der Waals surface area contributed by atoms with E-state index in [1.807, 2.05) is 6.92 Å². The summed E-state index contributed by atoms with van der Waals surface area (Å²) in [7, 11) is 0. The molecule has 0 saturated carbocycles. The number of fused-ring (bicyclic) bond motifs is 1. The number of benzene rings is 1. The molecule has 1 heterocycles. The van der Waals surface area contributed by atoms with Gasteiger partial charge in [-0.05, 0) is 37.4 Å². The second-order valence-electron chi connectivity index (χ2n) is 5.09. The van der Waals surface area contributed by atoms with Gasteiger partial charge in [0.1, 0.15) is 0 Å². The first kappa shape index (κ1) is 15.6. The lowest BCUT2D eigenvalue weighted by Crippen LogP contribution is -2.16. The largest absolute Gasteiger partial charge is 0.466 e. The maximum absolute atomic E-state index is 11.2. The van der Waals surface area contributed by atoms with Gasteiger partial charge in [-0.3, -0.25) is 4.79 Å². The van der Waals surface area contributed by atoms with Crippen LogP contribution in [0.15, 0.2) is 24.4 Å². The molecular weight excluding hydrogens is 264 g/mol. The van der Waals surface area contributed by atoms with Crippen molar-refractivity contribution >= 4 is 16.9 Å². The van der Waals surface area contributed by atoms with Crippen LogP contribution >= 0.6 is 0 Å². The monoisotopic (exact) mass is 288 g/mol. The molecule has 0 amide bonds. The molecule has 0 aliphatic rings. The van der Waals surface area contributed by atoms with E-state index in [0.717, 1.165) is 25.9 Å². The smallest absolute Gasteiger partial charge is 0.305 e. The zero-order chi connectivity index (χ0) is 15.1. The normalized spacial score (nSPS) is 11.0. The van der Waals surface area contributed by atoms with Crippen LogP contribution in [0.5, 0.6) is 0 Å². The van der Waals surface area contributed by atoms with Gasteiger partial charge in [-0.25, -0.2) is 0 Å². The molecule has 1 aromatic carbocycles. The van der Waals surface area contributed by atoms with Crippen molar-refractivity contribution in [1.29, 1.82) is 0 Å².